The van der Waals surface area contributed by atoms with Gasteiger partial charge in [0.15, 0.2) is 0 Å². The third-order valence-corrected chi connectivity index (χ3v) is 8.26. The summed E-state index contributed by atoms with van der Waals surface area (Å²) in [6.07, 6.45) is 23.6. The van der Waals surface area contributed by atoms with E-state index in [-0.39, 0.29) is 68.5 Å². The average Bonchev–Trinajstić information content (AvgIpc) is 3.01. The summed E-state index contributed by atoms with van der Waals surface area (Å²) in [6, 6.07) is 7.39. The molecule has 3 rings (SSSR count). The third kappa shape index (κ3) is 9.32. The van der Waals surface area contributed by atoms with Crippen LogP contribution in [0.2, 0.25) is 5.04 Å². The Balaban J connectivity index is 0. The normalized spacial score (nSPS) is 21.8. The van der Waals surface area contributed by atoms with Crippen molar-refractivity contribution in [1.29, 1.82) is 0 Å². The van der Waals surface area contributed by atoms with E-state index in [1.807, 2.05) is 0 Å². The molecule has 0 aliphatic heterocycles. The van der Waals surface area contributed by atoms with E-state index >= 15 is 0 Å². The van der Waals surface area contributed by atoms with Gasteiger partial charge in [-0.3, -0.25) is 0 Å². The zero-order chi connectivity index (χ0) is 16.0. The molecule has 1 fully saturated rings. The van der Waals surface area contributed by atoms with Gasteiger partial charge in [-0.1, -0.05) is 82.6 Å². The van der Waals surface area contributed by atoms with Crippen molar-refractivity contribution in [2.75, 3.05) is 0 Å². The maximum atomic E-state index is 2.59. The monoisotopic (exact) mass is 478 g/mol. The molecule has 0 saturated heterocycles. The second-order valence-electron chi connectivity index (χ2n) is 7.97. The first-order valence-electron chi connectivity index (χ1n) is 9.88. The number of hydrogen-bond donors (Lipinski definition) is 0. The van der Waals surface area contributed by atoms with E-state index in [1.54, 1.807) is 10.8 Å². The fourth-order valence-corrected chi connectivity index (χ4v) is 7.16. The van der Waals surface area contributed by atoms with Gasteiger partial charge in [0.2, 0.25) is 0 Å². The SMILES string of the molecule is CCCCc1cc[c-]([SiH2]C2(CC3CCCCC3)C=CC=CC2)c1.[Cl-].[Cl-].[Cl-].[Ti+4]. The van der Waals surface area contributed by atoms with Crippen molar-refractivity contribution in [3.05, 3.63) is 48.1 Å². The van der Waals surface area contributed by atoms with Gasteiger partial charge in [0.1, 0.15) is 0 Å². The van der Waals surface area contributed by atoms with Crippen molar-refractivity contribution in [2.45, 2.75) is 76.2 Å². The van der Waals surface area contributed by atoms with Gasteiger partial charge in [-0.2, -0.15) is 22.9 Å². The first kappa shape index (κ1) is 29.8. The molecule has 0 spiro atoms. The predicted molar refractivity (Wildman–Crippen MR) is 106 cm³/mol. The van der Waals surface area contributed by atoms with Crippen LogP contribution >= 0.6 is 0 Å². The molecule has 1 atom stereocenters. The number of allylic oxidation sites excluding steroid dienone is 4. The minimum absolute atomic E-state index is 0. The second-order valence-corrected chi connectivity index (χ2v) is 10.5. The van der Waals surface area contributed by atoms with E-state index < -0.39 is 0 Å². The smallest absolute Gasteiger partial charge is 1.00 e. The molecule has 0 N–H and O–H groups in total. The summed E-state index contributed by atoms with van der Waals surface area (Å²) in [5.74, 6) is 0.988. The Morgan fingerprint density at radius 1 is 1.11 bits per heavy atom. The van der Waals surface area contributed by atoms with Crippen LogP contribution in [0.15, 0.2) is 42.5 Å². The molecule has 0 radical (unpaired) electrons. The molecule has 2 aliphatic carbocycles. The van der Waals surface area contributed by atoms with Crippen molar-refractivity contribution in [2.24, 2.45) is 5.92 Å². The van der Waals surface area contributed by atoms with Gasteiger partial charge in [0, 0.05) is 9.52 Å². The Kier molecular flexibility index (Phi) is 17.1. The molecule has 0 heterocycles. The summed E-state index contributed by atoms with van der Waals surface area (Å²) in [7, 11) is -0.250. The molecular formula is C22H33Cl3SiTi. The van der Waals surface area contributed by atoms with Crippen LogP contribution in [0.3, 0.4) is 0 Å². The van der Waals surface area contributed by atoms with Crippen LogP contribution in [0.25, 0.3) is 0 Å². The van der Waals surface area contributed by atoms with Gasteiger partial charge < -0.3 is 37.2 Å². The maximum Gasteiger partial charge on any atom is 4.00 e. The fourth-order valence-electron chi connectivity index (χ4n) is 4.63. The zero-order valence-electron chi connectivity index (χ0n) is 16.5. The van der Waals surface area contributed by atoms with Gasteiger partial charge >= 0.3 is 21.7 Å². The van der Waals surface area contributed by atoms with Crippen molar-refractivity contribution in [1.82, 2.24) is 0 Å². The Morgan fingerprint density at radius 2 is 1.85 bits per heavy atom. The zero-order valence-corrected chi connectivity index (χ0v) is 21.8. The first-order valence-corrected chi connectivity index (χ1v) is 11.3. The number of hydrogen-bond acceptors (Lipinski definition) is 0. The van der Waals surface area contributed by atoms with E-state index in [4.69, 9.17) is 0 Å². The molecule has 5 heteroatoms. The molecule has 0 amide bonds. The number of aryl methyl sites for hydroxylation is 1. The summed E-state index contributed by atoms with van der Waals surface area (Å²) in [5, 5.41) is 2.22. The van der Waals surface area contributed by atoms with Gasteiger partial charge in [-0.05, 0) is 23.8 Å². The van der Waals surface area contributed by atoms with Crippen LogP contribution in [0.5, 0.6) is 0 Å². The summed E-state index contributed by atoms with van der Waals surface area (Å²) in [5.41, 5.74) is 1.58. The van der Waals surface area contributed by atoms with Crippen LogP contribution in [-0.2, 0) is 28.1 Å². The second kappa shape index (κ2) is 15.5. The van der Waals surface area contributed by atoms with E-state index in [9.17, 15) is 0 Å². The van der Waals surface area contributed by atoms with Crippen LogP contribution < -0.4 is 42.4 Å². The first-order chi connectivity index (χ1) is 11.3. The minimum Gasteiger partial charge on any atom is -1.00 e. The van der Waals surface area contributed by atoms with Crippen LogP contribution in [0.4, 0.5) is 0 Å². The predicted octanol–water partition coefficient (Wildman–Crippen LogP) is -3.80. The summed E-state index contributed by atoms with van der Waals surface area (Å²) in [4.78, 5) is 0. The Bertz CT molecular complexity index is 550. The minimum atomic E-state index is -0.250. The largest absolute Gasteiger partial charge is 4.00 e. The molecule has 150 valence electrons. The molecular weight excluding hydrogens is 447 g/mol. The molecule has 0 bridgehead atoms. The van der Waals surface area contributed by atoms with Gasteiger partial charge in [0.05, 0.1) is 0 Å². The summed E-state index contributed by atoms with van der Waals surface area (Å²) >= 11 is 0. The van der Waals surface area contributed by atoms with Crippen molar-refractivity contribution >= 4 is 14.7 Å². The van der Waals surface area contributed by atoms with Crippen LogP contribution in [0, 0.1) is 5.92 Å². The van der Waals surface area contributed by atoms with Crippen molar-refractivity contribution < 1.29 is 58.9 Å². The molecule has 27 heavy (non-hydrogen) atoms. The van der Waals surface area contributed by atoms with Crippen molar-refractivity contribution in [3.8, 4) is 0 Å². The Labute approximate surface area is 202 Å². The number of unbranched alkanes of at least 4 members (excludes halogenated alkanes) is 1. The molecule has 0 aromatic heterocycles. The quantitative estimate of drug-likeness (QED) is 0.278. The van der Waals surface area contributed by atoms with Gasteiger partial charge in [0.25, 0.3) is 0 Å². The molecule has 0 nitrogen and oxygen atoms in total. The summed E-state index contributed by atoms with van der Waals surface area (Å²) < 4.78 is 0. The van der Waals surface area contributed by atoms with Crippen LogP contribution in [0.1, 0.15) is 70.3 Å². The maximum absolute atomic E-state index is 2.59. The van der Waals surface area contributed by atoms with E-state index in [0.29, 0.717) is 5.04 Å². The van der Waals surface area contributed by atoms with Crippen molar-refractivity contribution in [3.63, 3.8) is 0 Å². The van der Waals surface area contributed by atoms with E-state index in [2.05, 4.69) is 49.4 Å². The average molecular weight is 480 g/mol. The molecule has 1 aromatic rings. The van der Waals surface area contributed by atoms with Gasteiger partial charge in [-0.25, -0.2) is 6.07 Å². The summed E-state index contributed by atoms with van der Waals surface area (Å²) in [6.45, 7) is 2.29. The number of rotatable bonds is 7. The molecule has 2 aliphatic rings. The Hall–Kier alpha value is 0.631. The molecule has 1 unspecified atom stereocenters. The standard InChI is InChI=1S/C22H33Si.3ClH.Ti/c1-2-3-10-19-13-14-21(17-19)23-22(15-8-5-9-16-22)18-20-11-6-4-7-12-20;;;;/h5,8-9,13-15,17,20H,2-4,6-7,10-12,16,18,23H2,1H3;3*1H;/q-1;;;;+4/p-3. The fraction of sp³-hybridized carbons (Fsp3) is 0.591. The number of halogens is 3. The third-order valence-electron chi connectivity index (χ3n) is 5.90. The molecule has 1 saturated carbocycles. The topological polar surface area (TPSA) is 0 Å². The molecule has 1 aromatic carbocycles. The van der Waals surface area contributed by atoms with Crippen LogP contribution in [-0.4, -0.2) is 9.52 Å². The van der Waals surface area contributed by atoms with E-state index in [1.165, 1.54) is 64.2 Å². The Morgan fingerprint density at radius 3 is 2.48 bits per heavy atom. The van der Waals surface area contributed by atoms with Gasteiger partial charge in [-0.15, -0.1) is 0 Å². The van der Waals surface area contributed by atoms with E-state index in [0.717, 1.165) is 5.92 Å².